The third-order valence-electron chi connectivity index (χ3n) is 3.01. The summed E-state index contributed by atoms with van der Waals surface area (Å²) < 4.78 is 0. The second kappa shape index (κ2) is 5.13. The lowest BCUT2D eigenvalue weighted by atomic mass is 10.1. The Hall–Kier alpha value is -1.68. The van der Waals surface area contributed by atoms with Crippen molar-refractivity contribution in [1.29, 1.82) is 0 Å². The van der Waals surface area contributed by atoms with Crippen LogP contribution in [0.2, 0.25) is 0 Å². The van der Waals surface area contributed by atoms with Gasteiger partial charge in [0.2, 0.25) is 0 Å². The molecule has 19 heavy (non-hydrogen) atoms. The number of carbonyl (C=O) groups is 1. The molecule has 0 saturated heterocycles. The van der Waals surface area contributed by atoms with Gasteiger partial charge in [-0.25, -0.2) is 4.98 Å². The van der Waals surface area contributed by atoms with Gasteiger partial charge >= 0.3 is 0 Å². The summed E-state index contributed by atoms with van der Waals surface area (Å²) in [6.07, 6.45) is 0. The van der Waals surface area contributed by atoms with Gasteiger partial charge in [0.05, 0.1) is 5.69 Å². The van der Waals surface area contributed by atoms with Crippen molar-refractivity contribution in [3.63, 3.8) is 0 Å². The average Bonchev–Trinajstić information content (AvgIpc) is 2.69. The Bertz CT molecular complexity index is 629. The van der Waals surface area contributed by atoms with Crippen molar-refractivity contribution in [2.24, 2.45) is 0 Å². The molecule has 1 heterocycles. The number of aromatic nitrogens is 1. The first kappa shape index (κ1) is 13.7. The molecule has 2 aromatic rings. The molecule has 1 aromatic heterocycles. The summed E-state index contributed by atoms with van der Waals surface area (Å²) in [5, 5.41) is 0.917. The van der Waals surface area contributed by atoms with Crippen molar-refractivity contribution in [3.8, 4) is 10.6 Å². The number of carbonyl (C=O) groups excluding carboxylic acids is 1. The van der Waals surface area contributed by atoms with E-state index in [1.165, 1.54) is 22.5 Å². The number of aryl methyl sites for hydroxylation is 3. The minimum atomic E-state index is 0.0195. The maximum absolute atomic E-state index is 12.0. The van der Waals surface area contributed by atoms with E-state index in [1.807, 2.05) is 6.92 Å². The fourth-order valence-corrected chi connectivity index (χ4v) is 3.14. The molecule has 0 radical (unpaired) electrons. The van der Waals surface area contributed by atoms with Gasteiger partial charge in [-0.3, -0.25) is 4.79 Å². The van der Waals surface area contributed by atoms with Crippen LogP contribution in [0.5, 0.6) is 0 Å². The molecule has 0 fully saturated rings. The van der Waals surface area contributed by atoms with Crippen LogP contribution in [0.25, 0.3) is 10.6 Å². The van der Waals surface area contributed by atoms with Gasteiger partial charge in [0.25, 0.3) is 5.91 Å². The lowest BCUT2D eigenvalue weighted by molar-refractivity contribution is 0.0831. The predicted molar refractivity (Wildman–Crippen MR) is 79.8 cm³/mol. The lowest BCUT2D eigenvalue weighted by Crippen LogP contribution is -2.21. The second-order valence-electron chi connectivity index (χ2n) is 4.95. The molecule has 0 unspecified atom stereocenters. The van der Waals surface area contributed by atoms with E-state index in [0.29, 0.717) is 0 Å². The highest BCUT2D eigenvalue weighted by Gasteiger charge is 2.18. The fraction of sp³-hybridized carbons (Fsp3) is 0.333. The number of amides is 1. The predicted octanol–water partition coefficient (Wildman–Crippen LogP) is 3.44. The zero-order valence-corrected chi connectivity index (χ0v) is 12.8. The van der Waals surface area contributed by atoms with E-state index in [2.05, 4.69) is 37.0 Å². The Morgan fingerprint density at radius 3 is 2.47 bits per heavy atom. The second-order valence-corrected chi connectivity index (χ2v) is 5.95. The quantitative estimate of drug-likeness (QED) is 0.840. The first-order valence-corrected chi connectivity index (χ1v) is 6.98. The Labute approximate surface area is 117 Å². The normalized spacial score (nSPS) is 10.6. The fourth-order valence-electron chi connectivity index (χ4n) is 1.97. The molecule has 1 aromatic carbocycles. The summed E-state index contributed by atoms with van der Waals surface area (Å²) in [4.78, 5) is 18.9. The van der Waals surface area contributed by atoms with Crippen LogP contribution < -0.4 is 0 Å². The van der Waals surface area contributed by atoms with E-state index in [9.17, 15) is 4.79 Å². The summed E-state index contributed by atoms with van der Waals surface area (Å²) in [6, 6.07) is 6.29. The Morgan fingerprint density at radius 1 is 1.21 bits per heavy atom. The minimum absolute atomic E-state index is 0.0195. The molecule has 0 N–H and O–H groups in total. The summed E-state index contributed by atoms with van der Waals surface area (Å²) >= 11 is 1.47. The van der Waals surface area contributed by atoms with E-state index >= 15 is 0 Å². The first-order valence-electron chi connectivity index (χ1n) is 6.17. The molecule has 1 amide bonds. The highest BCUT2D eigenvalue weighted by molar-refractivity contribution is 7.17. The van der Waals surface area contributed by atoms with Crippen molar-refractivity contribution in [1.82, 2.24) is 9.88 Å². The van der Waals surface area contributed by atoms with Gasteiger partial charge in [-0.05, 0) is 26.3 Å². The van der Waals surface area contributed by atoms with Crippen molar-refractivity contribution in [2.45, 2.75) is 20.8 Å². The maximum atomic E-state index is 12.0. The number of rotatable bonds is 2. The van der Waals surface area contributed by atoms with Crippen molar-refractivity contribution in [2.75, 3.05) is 14.1 Å². The van der Waals surface area contributed by atoms with Crippen LogP contribution in [-0.4, -0.2) is 29.9 Å². The monoisotopic (exact) mass is 274 g/mol. The number of nitrogens with zero attached hydrogens (tertiary/aromatic N) is 2. The molecule has 0 aliphatic carbocycles. The van der Waals surface area contributed by atoms with E-state index in [1.54, 1.807) is 19.0 Å². The summed E-state index contributed by atoms with van der Waals surface area (Å²) in [6.45, 7) is 6.04. The van der Waals surface area contributed by atoms with Gasteiger partial charge in [-0.2, -0.15) is 0 Å². The largest absolute Gasteiger partial charge is 0.344 e. The van der Waals surface area contributed by atoms with Crippen molar-refractivity contribution >= 4 is 17.2 Å². The minimum Gasteiger partial charge on any atom is -0.344 e. The SMILES string of the molecule is Cc1ccc(-c2nc(C)c(C(=O)N(C)C)s2)c(C)c1. The average molecular weight is 274 g/mol. The molecule has 0 aliphatic heterocycles. The van der Waals surface area contributed by atoms with Crippen molar-refractivity contribution < 1.29 is 4.79 Å². The van der Waals surface area contributed by atoms with Gasteiger partial charge in [-0.1, -0.05) is 23.8 Å². The molecule has 0 bridgehead atoms. The number of thiazole rings is 1. The van der Waals surface area contributed by atoms with Gasteiger partial charge in [0, 0.05) is 19.7 Å². The number of hydrogen-bond donors (Lipinski definition) is 0. The van der Waals surface area contributed by atoms with Crippen LogP contribution in [0.4, 0.5) is 0 Å². The summed E-state index contributed by atoms with van der Waals surface area (Å²) in [5.74, 6) is 0.0195. The molecule has 3 nitrogen and oxygen atoms in total. The zero-order chi connectivity index (χ0) is 14.2. The van der Waals surface area contributed by atoms with E-state index in [0.717, 1.165) is 21.1 Å². The number of hydrogen-bond acceptors (Lipinski definition) is 3. The number of benzene rings is 1. The Morgan fingerprint density at radius 2 is 1.89 bits per heavy atom. The van der Waals surface area contributed by atoms with Crippen LogP contribution in [0, 0.1) is 20.8 Å². The molecule has 0 saturated carbocycles. The summed E-state index contributed by atoms with van der Waals surface area (Å²) in [7, 11) is 3.52. The van der Waals surface area contributed by atoms with Crippen LogP contribution >= 0.6 is 11.3 Å². The molecule has 100 valence electrons. The highest BCUT2D eigenvalue weighted by Crippen LogP contribution is 2.31. The summed E-state index contributed by atoms with van der Waals surface area (Å²) in [5.41, 5.74) is 4.34. The van der Waals surface area contributed by atoms with Gasteiger partial charge in [-0.15, -0.1) is 11.3 Å². The molecule has 0 aliphatic rings. The maximum Gasteiger partial charge on any atom is 0.265 e. The van der Waals surface area contributed by atoms with E-state index < -0.39 is 0 Å². The van der Waals surface area contributed by atoms with Gasteiger partial charge < -0.3 is 4.90 Å². The van der Waals surface area contributed by atoms with E-state index in [4.69, 9.17) is 0 Å². The molecule has 0 atom stereocenters. The highest BCUT2D eigenvalue weighted by atomic mass is 32.1. The molecular weight excluding hydrogens is 256 g/mol. The smallest absolute Gasteiger partial charge is 0.265 e. The molecule has 4 heteroatoms. The Balaban J connectivity index is 2.48. The third-order valence-corrected chi connectivity index (χ3v) is 4.19. The topological polar surface area (TPSA) is 33.2 Å². The molecule has 0 spiro atoms. The first-order chi connectivity index (χ1) is 8.90. The third kappa shape index (κ3) is 2.68. The molecule has 2 rings (SSSR count). The molecular formula is C15H18N2OS. The van der Waals surface area contributed by atoms with Crippen LogP contribution in [0.15, 0.2) is 18.2 Å². The Kier molecular flexibility index (Phi) is 3.71. The van der Waals surface area contributed by atoms with Gasteiger partial charge in [0.15, 0.2) is 0 Å². The zero-order valence-electron chi connectivity index (χ0n) is 11.9. The van der Waals surface area contributed by atoms with Gasteiger partial charge in [0.1, 0.15) is 9.88 Å². The van der Waals surface area contributed by atoms with Crippen LogP contribution in [-0.2, 0) is 0 Å². The van der Waals surface area contributed by atoms with Crippen LogP contribution in [0.3, 0.4) is 0 Å². The standard InChI is InChI=1S/C15H18N2OS/c1-9-6-7-12(10(2)8-9)14-16-11(3)13(19-14)15(18)17(4)5/h6-8H,1-5H3. The van der Waals surface area contributed by atoms with E-state index in [-0.39, 0.29) is 5.91 Å². The lowest BCUT2D eigenvalue weighted by Gasteiger charge is -2.07. The van der Waals surface area contributed by atoms with Crippen LogP contribution in [0.1, 0.15) is 26.5 Å². The van der Waals surface area contributed by atoms with Crippen molar-refractivity contribution in [3.05, 3.63) is 39.9 Å².